The van der Waals surface area contributed by atoms with Crippen LogP contribution in [0.2, 0.25) is 0 Å². The van der Waals surface area contributed by atoms with Gasteiger partial charge in [0.05, 0.1) is 11.7 Å². The molecule has 0 radical (unpaired) electrons. The summed E-state index contributed by atoms with van der Waals surface area (Å²) in [6, 6.07) is 12.4. The number of nitrogens with zero attached hydrogens (tertiary/aromatic N) is 2. The van der Waals surface area contributed by atoms with E-state index in [2.05, 4.69) is 15.3 Å². The van der Waals surface area contributed by atoms with E-state index in [1.54, 1.807) is 0 Å². The highest BCUT2D eigenvalue weighted by Gasteiger charge is 2.14. The predicted molar refractivity (Wildman–Crippen MR) is 91.1 cm³/mol. The summed E-state index contributed by atoms with van der Waals surface area (Å²) in [5, 5.41) is 12.5. The molecule has 1 amide bonds. The minimum Gasteiger partial charge on any atom is -0.387 e. The third kappa shape index (κ3) is 4.07. The van der Waals surface area contributed by atoms with Gasteiger partial charge in [-0.3, -0.25) is 4.79 Å². The fraction of sp³-hybridized carbons (Fsp3) is 0.105. The van der Waals surface area contributed by atoms with Gasteiger partial charge in [0.1, 0.15) is 0 Å². The average molecular weight is 355 g/mol. The largest absolute Gasteiger partial charge is 0.387 e. The molecular formula is C19H15F2N3O2. The van der Waals surface area contributed by atoms with Crippen molar-refractivity contribution in [2.45, 2.75) is 6.10 Å². The molecule has 26 heavy (non-hydrogen) atoms. The molecule has 0 bridgehead atoms. The lowest BCUT2D eigenvalue weighted by atomic mass is 10.1. The molecule has 1 aromatic heterocycles. The van der Waals surface area contributed by atoms with Crippen LogP contribution in [-0.4, -0.2) is 27.5 Å². The Bertz CT molecular complexity index is 902. The first-order valence-electron chi connectivity index (χ1n) is 7.83. The molecule has 1 heterocycles. The summed E-state index contributed by atoms with van der Waals surface area (Å²) >= 11 is 0. The van der Waals surface area contributed by atoms with Crippen LogP contribution in [0.5, 0.6) is 0 Å². The van der Waals surface area contributed by atoms with Crippen LogP contribution in [0.4, 0.5) is 8.78 Å². The second kappa shape index (κ2) is 7.79. The van der Waals surface area contributed by atoms with Gasteiger partial charge in [0.15, 0.2) is 17.5 Å². The van der Waals surface area contributed by atoms with Crippen LogP contribution in [0.1, 0.15) is 22.0 Å². The highest BCUT2D eigenvalue weighted by Crippen LogP contribution is 2.16. The summed E-state index contributed by atoms with van der Waals surface area (Å²) in [4.78, 5) is 20.4. The fourth-order valence-corrected chi connectivity index (χ4v) is 2.31. The third-order valence-electron chi connectivity index (χ3n) is 3.73. The van der Waals surface area contributed by atoms with Crippen molar-refractivity contribution in [1.29, 1.82) is 0 Å². The van der Waals surface area contributed by atoms with Gasteiger partial charge in [-0.1, -0.05) is 36.4 Å². The van der Waals surface area contributed by atoms with Gasteiger partial charge in [0.2, 0.25) is 0 Å². The molecular weight excluding hydrogens is 340 g/mol. The Morgan fingerprint density at radius 3 is 2.38 bits per heavy atom. The molecule has 0 saturated carbocycles. The standard InChI is InChI=1S/C19H15F2N3O2/c20-15-7-6-13(8-16(15)21)17(25)11-24-19(26)14-9-22-18(23-10-14)12-4-2-1-3-5-12/h1-10,17,25H,11H2,(H,24,26). The van der Waals surface area contributed by atoms with Crippen LogP contribution < -0.4 is 5.32 Å². The molecule has 2 aromatic carbocycles. The number of halogens is 2. The lowest BCUT2D eigenvalue weighted by molar-refractivity contribution is 0.0915. The van der Waals surface area contributed by atoms with Crippen molar-refractivity contribution in [3.8, 4) is 11.4 Å². The molecule has 132 valence electrons. The van der Waals surface area contributed by atoms with Crippen LogP contribution in [0, 0.1) is 11.6 Å². The highest BCUT2D eigenvalue weighted by molar-refractivity contribution is 5.93. The zero-order valence-electron chi connectivity index (χ0n) is 13.6. The number of aromatic nitrogens is 2. The summed E-state index contributed by atoms with van der Waals surface area (Å²) in [5.74, 6) is -2.05. The Labute approximate surface area is 148 Å². The first kappa shape index (κ1) is 17.6. The number of benzene rings is 2. The fourth-order valence-electron chi connectivity index (χ4n) is 2.31. The van der Waals surface area contributed by atoms with Crippen molar-refractivity contribution in [3.05, 3.63) is 83.7 Å². The maximum Gasteiger partial charge on any atom is 0.254 e. The van der Waals surface area contributed by atoms with E-state index in [9.17, 15) is 18.7 Å². The molecule has 0 saturated heterocycles. The molecule has 0 aliphatic rings. The quantitative estimate of drug-likeness (QED) is 0.738. The molecule has 0 aliphatic heterocycles. The minimum absolute atomic E-state index is 0.162. The van der Waals surface area contributed by atoms with Gasteiger partial charge in [-0.2, -0.15) is 0 Å². The first-order valence-corrected chi connectivity index (χ1v) is 7.83. The van der Waals surface area contributed by atoms with E-state index in [4.69, 9.17) is 0 Å². The Morgan fingerprint density at radius 1 is 1.04 bits per heavy atom. The molecule has 1 atom stereocenters. The molecule has 7 heteroatoms. The summed E-state index contributed by atoms with van der Waals surface area (Å²) in [6.07, 6.45) is 1.60. The molecule has 3 rings (SSSR count). The third-order valence-corrected chi connectivity index (χ3v) is 3.73. The number of hydrogen-bond acceptors (Lipinski definition) is 4. The second-order valence-electron chi connectivity index (χ2n) is 5.56. The Kier molecular flexibility index (Phi) is 5.28. The molecule has 3 aromatic rings. The predicted octanol–water partition coefficient (Wildman–Crippen LogP) is 2.89. The van der Waals surface area contributed by atoms with Gasteiger partial charge in [-0.05, 0) is 17.7 Å². The normalized spacial score (nSPS) is 11.8. The number of aliphatic hydroxyl groups excluding tert-OH is 1. The summed E-state index contributed by atoms with van der Waals surface area (Å²) < 4.78 is 26.1. The Hall–Kier alpha value is -3.19. The zero-order chi connectivity index (χ0) is 18.5. The van der Waals surface area contributed by atoms with Crippen molar-refractivity contribution in [1.82, 2.24) is 15.3 Å². The van der Waals surface area contributed by atoms with Gasteiger partial charge >= 0.3 is 0 Å². The van der Waals surface area contributed by atoms with Crippen molar-refractivity contribution in [2.24, 2.45) is 0 Å². The molecule has 0 aliphatic carbocycles. The SMILES string of the molecule is O=C(NCC(O)c1ccc(F)c(F)c1)c1cnc(-c2ccccc2)nc1. The summed E-state index contributed by atoms with van der Waals surface area (Å²) in [7, 11) is 0. The number of amides is 1. The molecule has 2 N–H and O–H groups in total. The number of rotatable bonds is 5. The van der Waals surface area contributed by atoms with E-state index in [0.717, 1.165) is 17.7 Å². The van der Waals surface area contributed by atoms with Crippen molar-refractivity contribution >= 4 is 5.91 Å². The molecule has 5 nitrogen and oxygen atoms in total. The summed E-state index contributed by atoms with van der Waals surface area (Å²) in [6.45, 7) is -0.162. The number of aliphatic hydroxyl groups is 1. The van der Waals surface area contributed by atoms with Crippen LogP contribution in [0.3, 0.4) is 0 Å². The highest BCUT2D eigenvalue weighted by atomic mass is 19.2. The van der Waals surface area contributed by atoms with Crippen LogP contribution in [0.25, 0.3) is 11.4 Å². The van der Waals surface area contributed by atoms with Crippen LogP contribution >= 0.6 is 0 Å². The molecule has 0 fully saturated rings. The van der Waals surface area contributed by atoms with Crippen molar-refractivity contribution < 1.29 is 18.7 Å². The van der Waals surface area contributed by atoms with Crippen molar-refractivity contribution in [2.75, 3.05) is 6.54 Å². The van der Waals surface area contributed by atoms with Crippen molar-refractivity contribution in [3.63, 3.8) is 0 Å². The first-order chi connectivity index (χ1) is 12.5. The van der Waals surface area contributed by atoms with Gasteiger partial charge in [0, 0.05) is 24.5 Å². The van der Waals surface area contributed by atoms with E-state index < -0.39 is 23.6 Å². The lowest BCUT2D eigenvalue weighted by Crippen LogP contribution is -2.28. The van der Waals surface area contributed by atoms with Gasteiger partial charge < -0.3 is 10.4 Å². The van der Waals surface area contributed by atoms with E-state index in [1.807, 2.05) is 30.3 Å². The smallest absolute Gasteiger partial charge is 0.254 e. The number of nitrogens with one attached hydrogen (secondary N) is 1. The average Bonchev–Trinajstić information content (AvgIpc) is 2.68. The molecule has 1 unspecified atom stereocenters. The van der Waals surface area contributed by atoms with E-state index in [-0.39, 0.29) is 17.7 Å². The number of carbonyl (C=O) groups is 1. The van der Waals surface area contributed by atoms with Gasteiger partial charge in [-0.25, -0.2) is 18.7 Å². The molecule has 0 spiro atoms. The zero-order valence-corrected chi connectivity index (χ0v) is 13.6. The van der Waals surface area contributed by atoms with Gasteiger partial charge in [-0.15, -0.1) is 0 Å². The van der Waals surface area contributed by atoms with Gasteiger partial charge in [0.25, 0.3) is 5.91 Å². The van der Waals surface area contributed by atoms with Crippen LogP contribution in [-0.2, 0) is 0 Å². The minimum atomic E-state index is -1.17. The van der Waals surface area contributed by atoms with E-state index in [0.29, 0.717) is 5.82 Å². The lowest BCUT2D eigenvalue weighted by Gasteiger charge is -2.12. The van der Waals surface area contributed by atoms with Crippen LogP contribution in [0.15, 0.2) is 60.9 Å². The number of carbonyl (C=O) groups excluding carboxylic acids is 1. The topological polar surface area (TPSA) is 75.1 Å². The van der Waals surface area contributed by atoms with E-state index in [1.165, 1.54) is 18.5 Å². The maximum absolute atomic E-state index is 13.2. The Balaban J connectivity index is 1.62. The second-order valence-corrected chi connectivity index (χ2v) is 5.56. The van der Waals surface area contributed by atoms with E-state index >= 15 is 0 Å². The summed E-state index contributed by atoms with van der Waals surface area (Å²) in [5.41, 5.74) is 1.22. The maximum atomic E-state index is 13.2. The Morgan fingerprint density at radius 2 is 1.73 bits per heavy atom. The monoisotopic (exact) mass is 355 g/mol. The number of hydrogen-bond donors (Lipinski definition) is 2.